The second kappa shape index (κ2) is 12.4. The van der Waals surface area contributed by atoms with Crippen LogP contribution in [0.4, 0.5) is 0 Å². The van der Waals surface area contributed by atoms with E-state index in [4.69, 9.17) is 4.74 Å². The van der Waals surface area contributed by atoms with E-state index in [9.17, 15) is 9.59 Å². The third-order valence-corrected chi connectivity index (χ3v) is 6.72. The molecule has 3 rings (SSSR count). The Morgan fingerprint density at radius 3 is 2.56 bits per heavy atom. The maximum absolute atomic E-state index is 12.7. The summed E-state index contributed by atoms with van der Waals surface area (Å²) in [6.07, 6.45) is 4.41. The first-order valence-electron chi connectivity index (χ1n) is 12.4. The third kappa shape index (κ3) is 7.31. The number of nitrogens with zero attached hydrogens (tertiary/aromatic N) is 2. The van der Waals surface area contributed by atoms with E-state index in [1.54, 1.807) is 0 Å². The summed E-state index contributed by atoms with van der Waals surface area (Å²) in [5.41, 5.74) is 1.37. The number of likely N-dealkylation sites (tertiary alicyclic amines) is 2. The van der Waals surface area contributed by atoms with Crippen LogP contribution in [0.25, 0.3) is 0 Å². The average Bonchev–Trinajstić information content (AvgIpc) is 2.78. The zero-order valence-electron chi connectivity index (χ0n) is 20.1. The average molecular weight is 444 g/mol. The van der Waals surface area contributed by atoms with Crippen LogP contribution < -0.4 is 5.32 Å². The van der Waals surface area contributed by atoms with Gasteiger partial charge in [-0.05, 0) is 44.1 Å². The first kappa shape index (κ1) is 24.7. The molecular weight excluding hydrogens is 402 g/mol. The molecule has 0 saturated carbocycles. The first-order chi connectivity index (χ1) is 15.4. The molecule has 2 amide bonds. The molecule has 0 unspecified atom stereocenters. The number of nitrogens with one attached hydrogen (secondary N) is 1. The topological polar surface area (TPSA) is 61.9 Å². The Labute approximate surface area is 193 Å². The molecule has 2 saturated heterocycles. The van der Waals surface area contributed by atoms with Crippen LogP contribution in [-0.2, 0) is 20.9 Å². The van der Waals surface area contributed by atoms with Gasteiger partial charge >= 0.3 is 0 Å². The molecule has 0 spiro atoms. The Hall–Kier alpha value is -1.92. The molecule has 178 valence electrons. The number of carbonyl (C=O) groups excluding carboxylic acids is 2. The van der Waals surface area contributed by atoms with Crippen LogP contribution in [0.15, 0.2) is 30.3 Å². The van der Waals surface area contributed by atoms with Crippen molar-refractivity contribution < 1.29 is 14.3 Å². The number of carbonyl (C=O) groups is 2. The molecule has 2 aliphatic heterocycles. The normalized spacial score (nSPS) is 23.0. The van der Waals surface area contributed by atoms with E-state index in [-0.39, 0.29) is 23.8 Å². The maximum Gasteiger partial charge on any atom is 0.225 e. The molecule has 2 atom stereocenters. The minimum atomic E-state index is -0.110. The Morgan fingerprint density at radius 1 is 1.16 bits per heavy atom. The maximum atomic E-state index is 12.7. The van der Waals surface area contributed by atoms with E-state index >= 15 is 0 Å². The molecule has 0 bridgehead atoms. The van der Waals surface area contributed by atoms with Crippen molar-refractivity contribution in [3.05, 3.63) is 35.9 Å². The van der Waals surface area contributed by atoms with Crippen LogP contribution in [-0.4, -0.2) is 66.5 Å². The van der Waals surface area contributed by atoms with E-state index in [1.807, 2.05) is 11.8 Å². The summed E-state index contributed by atoms with van der Waals surface area (Å²) in [5.74, 6) is 0.554. The highest BCUT2D eigenvalue weighted by Crippen LogP contribution is 2.25. The number of ether oxygens (including phenoxy) is 1. The number of piperidine rings is 2. The van der Waals surface area contributed by atoms with Crippen LogP contribution >= 0.6 is 0 Å². The van der Waals surface area contributed by atoms with Gasteiger partial charge in [0.15, 0.2) is 0 Å². The lowest BCUT2D eigenvalue weighted by molar-refractivity contribution is -0.143. The third-order valence-electron chi connectivity index (χ3n) is 6.72. The summed E-state index contributed by atoms with van der Waals surface area (Å²) < 4.78 is 6.07. The lowest BCUT2D eigenvalue weighted by Crippen LogP contribution is -2.52. The SMILES string of the molecule is CC(C)CN1C(=O)CC[C@@H](C(=O)NCCCOC2CCN(Cc3ccccc3)CC2)[C@H]1C. The standard InChI is InChI=1S/C26H41N3O3/c1-20(2)18-29-21(3)24(10-11-25(29)30)26(31)27-14-7-17-32-23-12-15-28(16-13-23)19-22-8-5-4-6-9-22/h4-6,8-9,20-21,23-24H,7,10-19H2,1-3H3,(H,27,31)/t21-,24-/m1/s1. The van der Waals surface area contributed by atoms with E-state index in [1.165, 1.54) is 5.56 Å². The molecule has 0 radical (unpaired) electrons. The van der Waals surface area contributed by atoms with Gasteiger partial charge in [-0.15, -0.1) is 0 Å². The molecule has 32 heavy (non-hydrogen) atoms. The largest absolute Gasteiger partial charge is 0.378 e. The molecule has 0 aliphatic carbocycles. The number of hydrogen-bond donors (Lipinski definition) is 1. The van der Waals surface area contributed by atoms with Crippen molar-refractivity contribution in [2.75, 3.05) is 32.8 Å². The zero-order valence-corrected chi connectivity index (χ0v) is 20.1. The quantitative estimate of drug-likeness (QED) is 0.563. The van der Waals surface area contributed by atoms with Gasteiger partial charge < -0.3 is 15.0 Å². The molecule has 2 heterocycles. The Bertz CT molecular complexity index is 716. The molecule has 1 aromatic rings. The summed E-state index contributed by atoms with van der Waals surface area (Å²) in [7, 11) is 0. The molecule has 1 aromatic carbocycles. The van der Waals surface area contributed by atoms with Gasteiger partial charge in [0.25, 0.3) is 0 Å². The summed E-state index contributed by atoms with van der Waals surface area (Å²) in [5, 5.41) is 3.08. The number of hydrogen-bond acceptors (Lipinski definition) is 4. The van der Waals surface area contributed by atoms with Crippen LogP contribution in [0.5, 0.6) is 0 Å². The van der Waals surface area contributed by atoms with Crippen LogP contribution in [0.3, 0.4) is 0 Å². The van der Waals surface area contributed by atoms with Crippen molar-refractivity contribution in [1.82, 2.24) is 15.1 Å². The lowest BCUT2D eigenvalue weighted by Gasteiger charge is -2.39. The van der Waals surface area contributed by atoms with Gasteiger partial charge in [-0.2, -0.15) is 0 Å². The van der Waals surface area contributed by atoms with Crippen LogP contribution in [0.2, 0.25) is 0 Å². The summed E-state index contributed by atoms with van der Waals surface area (Å²) in [6, 6.07) is 10.6. The van der Waals surface area contributed by atoms with Gasteiger partial charge in [0.05, 0.1) is 12.0 Å². The monoisotopic (exact) mass is 443 g/mol. The van der Waals surface area contributed by atoms with Crippen molar-refractivity contribution in [2.24, 2.45) is 11.8 Å². The molecule has 0 aromatic heterocycles. The summed E-state index contributed by atoms with van der Waals surface area (Å²) >= 11 is 0. The molecule has 1 N–H and O–H groups in total. The van der Waals surface area contributed by atoms with Crippen molar-refractivity contribution in [3.63, 3.8) is 0 Å². The van der Waals surface area contributed by atoms with E-state index in [2.05, 4.69) is 54.4 Å². The Morgan fingerprint density at radius 2 is 1.88 bits per heavy atom. The van der Waals surface area contributed by atoms with Gasteiger partial charge in [0, 0.05) is 51.8 Å². The van der Waals surface area contributed by atoms with E-state index in [0.29, 0.717) is 38.0 Å². The van der Waals surface area contributed by atoms with Gasteiger partial charge in [-0.25, -0.2) is 0 Å². The highest BCUT2D eigenvalue weighted by molar-refractivity contribution is 5.84. The van der Waals surface area contributed by atoms with Crippen LogP contribution in [0.1, 0.15) is 58.4 Å². The molecule has 2 fully saturated rings. The lowest BCUT2D eigenvalue weighted by atomic mass is 9.88. The number of benzene rings is 1. The fourth-order valence-electron chi connectivity index (χ4n) is 4.86. The van der Waals surface area contributed by atoms with Gasteiger partial charge in [-0.3, -0.25) is 14.5 Å². The minimum Gasteiger partial charge on any atom is -0.378 e. The van der Waals surface area contributed by atoms with Gasteiger partial charge in [0.1, 0.15) is 0 Å². The minimum absolute atomic E-state index is 0.0315. The van der Waals surface area contributed by atoms with E-state index < -0.39 is 0 Å². The molecule has 6 heteroatoms. The van der Waals surface area contributed by atoms with Crippen molar-refractivity contribution in [1.29, 1.82) is 0 Å². The predicted octanol–water partition coefficient (Wildman–Crippen LogP) is 3.46. The Kier molecular flexibility index (Phi) is 9.54. The fraction of sp³-hybridized carbons (Fsp3) is 0.692. The number of rotatable bonds is 10. The van der Waals surface area contributed by atoms with E-state index in [0.717, 1.165) is 45.4 Å². The molecular formula is C26H41N3O3. The second-order valence-corrected chi connectivity index (χ2v) is 9.80. The smallest absolute Gasteiger partial charge is 0.225 e. The zero-order chi connectivity index (χ0) is 22.9. The van der Waals surface area contributed by atoms with Crippen molar-refractivity contribution in [2.45, 2.75) is 71.6 Å². The molecule has 6 nitrogen and oxygen atoms in total. The fourth-order valence-corrected chi connectivity index (χ4v) is 4.86. The highest BCUT2D eigenvalue weighted by atomic mass is 16.5. The highest BCUT2D eigenvalue weighted by Gasteiger charge is 2.36. The summed E-state index contributed by atoms with van der Waals surface area (Å²) in [6.45, 7) is 11.4. The first-order valence-corrected chi connectivity index (χ1v) is 12.4. The van der Waals surface area contributed by atoms with Crippen molar-refractivity contribution in [3.8, 4) is 0 Å². The van der Waals surface area contributed by atoms with Crippen LogP contribution in [0, 0.1) is 11.8 Å². The Balaban J connectivity index is 1.29. The summed E-state index contributed by atoms with van der Waals surface area (Å²) in [4.78, 5) is 29.3. The van der Waals surface area contributed by atoms with Gasteiger partial charge in [-0.1, -0.05) is 44.2 Å². The predicted molar refractivity (Wildman–Crippen MR) is 127 cm³/mol. The van der Waals surface area contributed by atoms with Crippen molar-refractivity contribution >= 4 is 11.8 Å². The second-order valence-electron chi connectivity index (χ2n) is 9.80. The number of amides is 2. The molecule has 2 aliphatic rings. The van der Waals surface area contributed by atoms with Gasteiger partial charge in [0.2, 0.25) is 11.8 Å².